The molecule has 0 saturated carbocycles. The van der Waals surface area contributed by atoms with Gasteiger partial charge in [0.15, 0.2) is 12.1 Å². The molecule has 3 amide bonds. The van der Waals surface area contributed by atoms with Gasteiger partial charge >= 0.3 is 6.09 Å². The Labute approximate surface area is 233 Å². The molecule has 4 aromatic carbocycles. The summed E-state index contributed by atoms with van der Waals surface area (Å²) in [4.78, 5) is 40.9. The molecule has 1 heterocycles. The standard InChI is InChI=1S/C33H31N3O4/c1-23-15-17-26(18-16-23)22-36-30(32(38)34-21-25-11-6-3-7-12-25)31(40-33(36)39)27-13-8-14-28(20-27)35-29(37)19-24-9-4-2-5-10-24/h2-18,20,30-31H,19,21-22H2,1H3,(H,34,38)(H,35,37). The monoisotopic (exact) mass is 533 g/mol. The minimum absolute atomic E-state index is 0.162. The number of carbonyl (C=O) groups excluding carboxylic acids is 3. The Bertz CT molecular complexity index is 1470. The van der Waals surface area contributed by atoms with Crippen LogP contribution < -0.4 is 10.6 Å². The Morgan fingerprint density at radius 3 is 2.17 bits per heavy atom. The number of amides is 3. The zero-order valence-corrected chi connectivity index (χ0v) is 22.2. The summed E-state index contributed by atoms with van der Waals surface area (Å²) in [6.07, 6.45) is -1.18. The van der Waals surface area contributed by atoms with Crippen LogP contribution in [0.25, 0.3) is 0 Å². The Kier molecular flexibility index (Phi) is 8.21. The summed E-state index contributed by atoms with van der Waals surface area (Å²) in [6.45, 7) is 2.55. The van der Waals surface area contributed by atoms with Crippen molar-refractivity contribution in [2.75, 3.05) is 5.32 Å². The van der Waals surface area contributed by atoms with Gasteiger partial charge in [0.1, 0.15) is 0 Å². The van der Waals surface area contributed by atoms with Gasteiger partial charge in [-0.25, -0.2) is 4.79 Å². The molecule has 0 bridgehead atoms. The summed E-state index contributed by atoms with van der Waals surface area (Å²) >= 11 is 0. The summed E-state index contributed by atoms with van der Waals surface area (Å²) < 4.78 is 5.81. The quantitative estimate of drug-likeness (QED) is 0.295. The van der Waals surface area contributed by atoms with Gasteiger partial charge in [-0.05, 0) is 41.3 Å². The highest BCUT2D eigenvalue weighted by Crippen LogP contribution is 2.35. The molecule has 4 aromatic rings. The molecule has 1 aliphatic rings. The molecule has 5 rings (SSSR count). The third-order valence-corrected chi connectivity index (χ3v) is 6.84. The number of aryl methyl sites for hydroxylation is 1. The number of ether oxygens (including phenoxy) is 1. The van der Waals surface area contributed by atoms with E-state index < -0.39 is 18.2 Å². The summed E-state index contributed by atoms with van der Waals surface area (Å²) in [7, 11) is 0. The first-order valence-corrected chi connectivity index (χ1v) is 13.2. The highest BCUT2D eigenvalue weighted by atomic mass is 16.6. The van der Waals surface area contributed by atoms with Gasteiger partial charge in [-0.1, -0.05) is 103 Å². The molecule has 2 atom stereocenters. The van der Waals surface area contributed by atoms with E-state index in [9.17, 15) is 14.4 Å². The number of cyclic esters (lactones) is 1. The molecule has 1 saturated heterocycles. The van der Waals surface area contributed by atoms with Crippen molar-refractivity contribution >= 4 is 23.6 Å². The van der Waals surface area contributed by atoms with Crippen LogP contribution in [-0.4, -0.2) is 28.8 Å². The van der Waals surface area contributed by atoms with Gasteiger partial charge < -0.3 is 15.4 Å². The predicted molar refractivity (Wildman–Crippen MR) is 153 cm³/mol. The molecule has 40 heavy (non-hydrogen) atoms. The fourth-order valence-corrected chi connectivity index (χ4v) is 4.77. The second-order valence-electron chi connectivity index (χ2n) is 9.90. The lowest BCUT2D eigenvalue weighted by atomic mass is 9.99. The minimum Gasteiger partial charge on any atom is -0.438 e. The second-order valence-corrected chi connectivity index (χ2v) is 9.90. The number of hydrogen-bond donors (Lipinski definition) is 2. The molecule has 0 aliphatic carbocycles. The zero-order chi connectivity index (χ0) is 27.9. The maximum Gasteiger partial charge on any atom is 0.411 e. The summed E-state index contributed by atoms with van der Waals surface area (Å²) in [5, 5.41) is 5.90. The largest absolute Gasteiger partial charge is 0.438 e. The molecular formula is C33H31N3O4. The lowest BCUT2D eigenvalue weighted by molar-refractivity contribution is -0.126. The molecule has 7 nitrogen and oxygen atoms in total. The van der Waals surface area contributed by atoms with Crippen LogP contribution in [-0.2, 0) is 33.8 Å². The predicted octanol–water partition coefficient (Wildman–Crippen LogP) is 5.55. The summed E-state index contributed by atoms with van der Waals surface area (Å²) in [5.41, 5.74) is 5.04. The molecule has 0 radical (unpaired) electrons. The van der Waals surface area contributed by atoms with Crippen LogP contribution in [0.3, 0.4) is 0 Å². The number of benzene rings is 4. The molecule has 0 aromatic heterocycles. The third-order valence-electron chi connectivity index (χ3n) is 6.84. The van der Waals surface area contributed by atoms with Gasteiger partial charge in [-0.2, -0.15) is 0 Å². The molecule has 2 N–H and O–H groups in total. The number of hydrogen-bond acceptors (Lipinski definition) is 4. The fourth-order valence-electron chi connectivity index (χ4n) is 4.77. The van der Waals surface area contributed by atoms with Crippen LogP contribution in [0.4, 0.5) is 10.5 Å². The van der Waals surface area contributed by atoms with E-state index in [0.29, 0.717) is 17.8 Å². The Hall–Kier alpha value is -4.91. The first-order chi connectivity index (χ1) is 19.5. The van der Waals surface area contributed by atoms with Crippen molar-refractivity contribution in [2.24, 2.45) is 0 Å². The van der Waals surface area contributed by atoms with Crippen LogP contribution >= 0.6 is 0 Å². The number of nitrogens with one attached hydrogen (secondary N) is 2. The van der Waals surface area contributed by atoms with E-state index in [1.807, 2.05) is 91.9 Å². The van der Waals surface area contributed by atoms with Crippen LogP contribution in [0.1, 0.15) is 33.9 Å². The SMILES string of the molecule is Cc1ccc(CN2C(=O)OC(c3cccc(NC(=O)Cc4ccccc4)c3)C2C(=O)NCc2ccccc2)cc1. The maximum absolute atomic E-state index is 13.6. The lowest BCUT2D eigenvalue weighted by Crippen LogP contribution is -2.46. The Morgan fingerprint density at radius 1 is 0.800 bits per heavy atom. The van der Waals surface area contributed by atoms with Crippen molar-refractivity contribution in [1.82, 2.24) is 10.2 Å². The van der Waals surface area contributed by atoms with E-state index in [2.05, 4.69) is 10.6 Å². The van der Waals surface area contributed by atoms with Crippen LogP contribution in [0.15, 0.2) is 109 Å². The smallest absolute Gasteiger partial charge is 0.411 e. The number of anilines is 1. The van der Waals surface area contributed by atoms with Gasteiger partial charge in [-0.15, -0.1) is 0 Å². The van der Waals surface area contributed by atoms with E-state index in [4.69, 9.17) is 4.74 Å². The molecular weight excluding hydrogens is 502 g/mol. The first-order valence-electron chi connectivity index (χ1n) is 13.2. The normalized spacial score (nSPS) is 16.3. The van der Waals surface area contributed by atoms with Gasteiger partial charge in [0.2, 0.25) is 11.8 Å². The van der Waals surface area contributed by atoms with Crippen LogP contribution in [0.5, 0.6) is 0 Å². The zero-order valence-electron chi connectivity index (χ0n) is 22.2. The van der Waals surface area contributed by atoms with Crippen molar-refractivity contribution in [1.29, 1.82) is 0 Å². The van der Waals surface area contributed by atoms with E-state index in [1.54, 1.807) is 24.3 Å². The second kappa shape index (κ2) is 12.3. The number of rotatable bonds is 9. The highest BCUT2D eigenvalue weighted by molar-refractivity contribution is 5.92. The highest BCUT2D eigenvalue weighted by Gasteiger charge is 2.47. The molecule has 1 aliphatic heterocycles. The number of carbonyl (C=O) groups is 3. The van der Waals surface area contributed by atoms with Crippen LogP contribution in [0, 0.1) is 6.92 Å². The van der Waals surface area contributed by atoms with Gasteiger partial charge in [0.25, 0.3) is 0 Å². The maximum atomic E-state index is 13.6. The summed E-state index contributed by atoms with van der Waals surface area (Å²) in [6, 6.07) is 33.1. The third kappa shape index (κ3) is 6.56. The molecule has 202 valence electrons. The first kappa shape index (κ1) is 26.7. The van der Waals surface area contributed by atoms with Gasteiger partial charge in [0.05, 0.1) is 13.0 Å². The minimum atomic E-state index is -0.896. The van der Waals surface area contributed by atoms with Crippen LogP contribution in [0.2, 0.25) is 0 Å². The van der Waals surface area contributed by atoms with E-state index in [-0.39, 0.29) is 24.8 Å². The van der Waals surface area contributed by atoms with Gasteiger partial charge in [0, 0.05) is 12.2 Å². The molecule has 2 unspecified atom stereocenters. The fraction of sp³-hybridized carbons (Fsp3) is 0.182. The van der Waals surface area contributed by atoms with Crippen molar-refractivity contribution < 1.29 is 19.1 Å². The van der Waals surface area contributed by atoms with E-state index >= 15 is 0 Å². The van der Waals surface area contributed by atoms with Crippen molar-refractivity contribution in [3.05, 3.63) is 137 Å². The van der Waals surface area contributed by atoms with E-state index in [1.165, 1.54) is 4.90 Å². The van der Waals surface area contributed by atoms with Gasteiger partial charge in [-0.3, -0.25) is 14.5 Å². The summed E-state index contributed by atoms with van der Waals surface area (Å²) in [5.74, 6) is -0.477. The average Bonchev–Trinajstić information content (AvgIpc) is 3.29. The lowest BCUT2D eigenvalue weighted by Gasteiger charge is -2.24. The van der Waals surface area contributed by atoms with Crippen molar-refractivity contribution in [3.63, 3.8) is 0 Å². The molecule has 0 spiro atoms. The Morgan fingerprint density at radius 2 is 1.48 bits per heavy atom. The van der Waals surface area contributed by atoms with Crippen molar-refractivity contribution in [2.45, 2.75) is 38.6 Å². The van der Waals surface area contributed by atoms with E-state index in [0.717, 1.165) is 22.3 Å². The molecule has 7 heteroatoms. The average molecular weight is 534 g/mol. The number of nitrogens with zero attached hydrogens (tertiary/aromatic N) is 1. The molecule has 1 fully saturated rings. The Balaban J connectivity index is 1.37. The topological polar surface area (TPSA) is 87.7 Å². The van der Waals surface area contributed by atoms with Crippen molar-refractivity contribution in [3.8, 4) is 0 Å².